The predicted molar refractivity (Wildman–Crippen MR) is 158 cm³/mol. The molecule has 0 saturated carbocycles. The second-order valence-corrected chi connectivity index (χ2v) is 11.9. The number of rotatable bonds is 2. The third-order valence-corrected chi connectivity index (χ3v) is 8.84. The van der Waals surface area contributed by atoms with Gasteiger partial charge in [-0.25, -0.2) is 0 Å². The molecule has 0 radical (unpaired) electrons. The van der Waals surface area contributed by atoms with E-state index in [0.717, 1.165) is 5.56 Å². The van der Waals surface area contributed by atoms with E-state index in [9.17, 15) is 29.1 Å². The smallest absolute Gasteiger partial charge is 0.258 e. The number of aromatic amines is 1. The highest BCUT2D eigenvalue weighted by atomic mass is 16.5. The number of amides is 5. The first-order chi connectivity index (χ1) is 21.2. The number of benzene rings is 1. The van der Waals surface area contributed by atoms with Gasteiger partial charge in [-0.2, -0.15) is 0 Å². The van der Waals surface area contributed by atoms with Crippen molar-refractivity contribution in [3.8, 4) is 5.75 Å². The van der Waals surface area contributed by atoms with E-state index in [1.54, 1.807) is 36.4 Å². The molecule has 0 aliphatic carbocycles. The van der Waals surface area contributed by atoms with Crippen LogP contribution in [0.4, 0.5) is 0 Å². The molecule has 1 spiro atoms. The zero-order valence-corrected chi connectivity index (χ0v) is 24.8. The summed E-state index contributed by atoms with van der Waals surface area (Å²) in [5, 5.41) is 18.3. The predicted octanol–water partition coefficient (Wildman–Crippen LogP) is -0.0388. The largest absolute Gasteiger partial charge is 0.484 e. The number of H-pyrrole nitrogens is 1. The lowest BCUT2D eigenvalue weighted by Gasteiger charge is -2.42. The minimum absolute atomic E-state index is 0.0632. The highest BCUT2D eigenvalue weighted by Gasteiger charge is 2.40. The number of nitrogens with one attached hydrogen (secondary N) is 4. The van der Waals surface area contributed by atoms with Crippen LogP contribution in [0.5, 0.6) is 5.75 Å². The summed E-state index contributed by atoms with van der Waals surface area (Å²) in [6.07, 6.45) is 6.13. The van der Waals surface area contributed by atoms with Crippen molar-refractivity contribution in [2.75, 3.05) is 39.4 Å². The number of carbonyl (C=O) groups is 5. The first kappa shape index (κ1) is 31.0. The molecule has 2 saturated heterocycles. The Morgan fingerprint density at radius 3 is 2.59 bits per heavy atom. The monoisotopic (exact) mass is 608 g/mol. The van der Waals surface area contributed by atoms with Crippen LogP contribution >= 0.6 is 0 Å². The van der Waals surface area contributed by atoms with Gasteiger partial charge in [-0.05, 0) is 68.2 Å². The summed E-state index contributed by atoms with van der Waals surface area (Å²) in [4.78, 5) is 71.5. The van der Waals surface area contributed by atoms with Crippen LogP contribution in [0.3, 0.4) is 0 Å². The first-order valence-electron chi connectivity index (χ1n) is 15.1. The minimum atomic E-state index is -1.21. The molecular weight excluding hydrogens is 568 g/mol. The van der Waals surface area contributed by atoms with E-state index in [-0.39, 0.29) is 19.1 Å². The second-order valence-electron chi connectivity index (χ2n) is 11.9. The van der Waals surface area contributed by atoms with Crippen LogP contribution in [-0.4, -0.2) is 107 Å². The normalized spacial score (nSPS) is 25.1. The summed E-state index contributed by atoms with van der Waals surface area (Å²) in [5.74, 6) is -1.52. The third kappa shape index (κ3) is 7.04. The molecule has 2 aromatic rings. The van der Waals surface area contributed by atoms with Crippen LogP contribution in [0, 0.1) is 5.41 Å². The maximum Gasteiger partial charge on any atom is 0.258 e. The van der Waals surface area contributed by atoms with Gasteiger partial charge >= 0.3 is 0 Å². The summed E-state index contributed by atoms with van der Waals surface area (Å²) in [6, 6.07) is 6.20. The third-order valence-electron chi connectivity index (χ3n) is 8.84. The Kier molecular flexibility index (Phi) is 9.52. The van der Waals surface area contributed by atoms with Gasteiger partial charge < -0.3 is 40.6 Å². The number of aromatic nitrogens is 1. The van der Waals surface area contributed by atoms with E-state index in [1.165, 1.54) is 4.90 Å². The highest BCUT2D eigenvalue weighted by Crippen LogP contribution is 2.36. The Balaban J connectivity index is 1.38. The molecule has 13 nitrogen and oxygen atoms in total. The van der Waals surface area contributed by atoms with Crippen molar-refractivity contribution in [3.05, 3.63) is 53.9 Å². The average molecular weight is 609 g/mol. The van der Waals surface area contributed by atoms with Crippen LogP contribution in [0.1, 0.15) is 48.5 Å². The number of hydrogen-bond donors (Lipinski definition) is 5. The maximum absolute atomic E-state index is 13.3. The quantitative estimate of drug-likeness (QED) is 0.318. The molecule has 1 aromatic carbocycles. The topological polar surface area (TPSA) is 173 Å². The Bertz CT molecular complexity index is 1370. The summed E-state index contributed by atoms with van der Waals surface area (Å²) < 4.78 is 5.77. The number of nitrogens with zero attached hydrogens (tertiary/aromatic N) is 2. The van der Waals surface area contributed by atoms with Gasteiger partial charge in [0.2, 0.25) is 17.7 Å². The molecule has 2 bridgehead atoms. The lowest BCUT2D eigenvalue weighted by Crippen LogP contribution is -2.57. The highest BCUT2D eigenvalue weighted by molar-refractivity contribution is 5.95. The summed E-state index contributed by atoms with van der Waals surface area (Å²) >= 11 is 0. The summed E-state index contributed by atoms with van der Waals surface area (Å²) in [5.41, 5.74) is 1.08. The van der Waals surface area contributed by atoms with Gasteiger partial charge in [0.05, 0.1) is 12.2 Å². The molecule has 3 aliphatic rings. The molecule has 4 heterocycles. The molecule has 5 rings (SSSR count). The number of fused-ring (bicyclic) bond motifs is 3. The fourth-order valence-electron chi connectivity index (χ4n) is 6.32. The van der Waals surface area contributed by atoms with Crippen molar-refractivity contribution >= 4 is 29.5 Å². The molecule has 5 amide bonds. The fraction of sp³-hybridized carbons (Fsp3) is 0.516. The zero-order valence-electron chi connectivity index (χ0n) is 24.8. The van der Waals surface area contributed by atoms with Gasteiger partial charge in [-0.15, -0.1) is 0 Å². The van der Waals surface area contributed by atoms with Crippen LogP contribution in [0.25, 0.3) is 0 Å². The molecule has 3 aliphatic heterocycles. The van der Waals surface area contributed by atoms with Crippen molar-refractivity contribution in [2.24, 2.45) is 5.41 Å². The number of aliphatic hydroxyl groups is 1. The number of likely N-dealkylation sites (tertiary alicyclic amines) is 1. The van der Waals surface area contributed by atoms with Gasteiger partial charge in [0.25, 0.3) is 11.8 Å². The van der Waals surface area contributed by atoms with Gasteiger partial charge in [0.15, 0.2) is 6.61 Å². The Morgan fingerprint density at radius 1 is 1.07 bits per heavy atom. The summed E-state index contributed by atoms with van der Waals surface area (Å²) in [7, 11) is 0. The van der Waals surface area contributed by atoms with Crippen molar-refractivity contribution in [1.29, 1.82) is 0 Å². The van der Waals surface area contributed by atoms with E-state index in [4.69, 9.17) is 4.74 Å². The zero-order chi connectivity index (χ0) is 31.3. The van der Waals surface area contributed by atoms with Crippen molar-refractivity contribution in [3.63, 3.8) is 0 Å². The molecule has 5 N–H and O–H groups in total. The van der Waals surface area contributed by atoms with E-state index < -0.39 is 53.8 Å². The van der Waals surface area contributed by atoms with Crippen molar-refractivity contribution in [2.45, 2.75) is 57.2 Å². The lowest BCUT2D eigenvalue weighted by molar-refractivity contribution is -0.142. The second kappa shape index (κ2) is 13.5. The number of piperidine rings is 1. The average Bonchev–Trinajstić information content (AvgIpc) is 3.74. The maximum atomic E-state index is 13.3. The van der Waals surface area contributed by atoms with E-state index in [2.05, 4.69) is 20.9 Å². The fourth-order valence-corrected chi connectivity index (χ4v) is 6.32. The van der Waals surface area contributed by atoms with Crippen molar-refractivity contribution in [1.82, 2.24) is 30.7 Å². The number of hydrogen-bond acceptors (Lipinski definition) is 7. The Hall–Kier alpha value is -4.39. The molecule has 236 valence electrons. The van der Waals surface area contributed by atoms with E-state index in [0.29, 0.717) is 63.1 Å². The number of aliphatic hydroxyl groups excluding tert-OH is 1. The molecule has 2 fully saturated rings. The molecule has 0 unspecified atom stereocenters. The van der Waals surface area contributed by atoms with E-state index in [1.807, 2.05) is 18.2 Å². The number of carbonyl (C=O) groups excluding carboxylic acids is 5. The van der Waals surface area contributed by atoms with Gasteiger partial charge in [-0.1, -0.05) is 12.1 Å². The van der Waals surface area contributed by atoms with Crippen LogP contribution in [0.2, 0.25) is 0 Å². The van der Waals surface area contributed by atoms with Crippen molar-refractivity contribution < 1.29 is 33.8 Å². The van der Waals surface area contributed by atoms with Gasteiger partial charge in [0, 0.05) is 38.6 Å². The first-order valence-corrected chi connectivity index (χ1v) is 15.1. The van der Waals surface area contributed by atoms with Crippen LogP contribution < -0.4 is 20.7 Å². The van der Waals surface area contributed by atoms with Crippen LogP contribution in [0.15, 0.2) is 42.7 Å². The SMILES string of the molecule is C[C@@H]1NC(=O)COc2cccc(c2)CC2(CCN(C(=O)c3cc[nH]c3)CC2)CNC(=O)[C@H](CO)NC(=O)[C@@H]2CCCN2C1=O. The van der Waals surface area contributed by atoms with Crippen LogP contribution in [-0.2, 0) is 25.6 Å². The Morgan fingerprint density at radius 2 is 1.86 bits per heavy atom. The molecule has 3 atom stereocenters. The molecular formula is C31H40N6O7. The standard InChI is InChI=1S/C31H40N6O7/c1-20-29(42)37-11-3-6-25(37)28(41)35-24(17-38)27(40)33-19-31(8-12-36(13-9-31)30(43)22-7-10-32-16-22)15-21-4-2-5-23(14-21)44-18-26(39)34-20/h2,4-5,7,10,14,16,20,24-25,32,38H,3,6,8-9,11-13,15,17-19H2,1H3,(H,33,40)(H,34,39)(H,35,41)/t20-,24-,25-/m0/s1. The minimum Gasteiger partial charge on any atom is -0.484 e. The Labute approximate surface area is 255 Å². The lowest BCUT2D eigenvalue weighted by atomic mass is 9.73. The molecule has 44 heavy (non-hydrogen) atoms. The summed E-state index contributed by atoms with van der Waals surface area (Å²) in [6.45, 7) is 2.21. The van der Waals surface area contributed by atoms with Gasteiger partial charge in [0.1, 0.15) is 23.9 Å². The molecule has 13 heteroatoms. The number of ether oxygens (including phenoxy) is 1. The molecule has 1 aromatic heterocycles. The van der Waals surface area contributed by atoms with Gasteiger partial charge in [-0.3, -0.25) is 24.0 Å². The van der Waals surface area contributed by atoms with E-state index >= 15 is 0 Å².